The molecule has 1 N–H and O–H groups in total. The minimum absolute atomic E-state index is 0.0731. The highest BCUT2D eigenvalue weighted by molar-refractivity contribution is 9.10. The Morgan fingerprint density at radius 2 is 2.10 bits per heavy atom. The third kappa shape index (κ3) is 3.04. The van der Waals surface area contributed by atoms with E-state index in [1.165, 1.54) is 12.5 Å². The van der Waals surface area contributed by atoms with E-state index in [0.717, 1.165) is 12.3 Å². The van der Waals surface area contributed by atoms with Crippen molar-refractivity contribution in [3.05, 3.63) is 52.1 Å². The van der Waals surface area contributed by atoms with E-state index in [2.05, 4.69) is 26.2 Å². The summed E-state index contributed by atoms with van der Waals surface area (Å²) in [6, 6.07) is 1.97. The molecule has 1 atom stereocenters. The normalized spacial score (nSPS) is 13.4. The number of rotatable bonds is 4. The Hall–Kier alpha value is -1.34. The highest BCUT2D eigenvalue weighted by atomic mass is 79.9. The van der Waals surface area contributed by atoms with Gasteiger partial charge in [-0.3, -0.25) is 4.98 Å². The molecule has 0 radical (unpaired) electrons. The van der Waals surface area contributed by atoms with Crippen LogP contribution in [0.25, 0.3) is 0 Å². The molecule has 0 bridgehead atoms. The lowest BCUT2D eigenvalue weighted by molar-refractivity contribution is -0.138. The number of pyridine rings is 1. The first-order valence-corrected chi connectivity index (χ1v) is 6.71. The smallest absolute Gasteiger partial charge is 0.416 e. The number of furan rings is 1. The first kappa shape index (κ1) is 15.1. The number of hydrogen-bond donors (Lipinski definition) is 1. The molecular weight excluding hydrogens is 337 g/mol. The van der Waals surface area contributed by atoms with Crippen molar-refractivity contribution in [3.8, 4) is 0 Å². The molecule has 0 fully saturated rings. The second kappa shape index (κ2) is 5.97. The van der Waals surface area contributed by atoms with Crippen LogP contribution in [0.2, 0.25) is 0 Å². The molecule has 0 spiro atoms. The fraction of sp³-hybridized carbons (Fsp3) is 0.308. The van der Waals surface area contributed by atoms with Crippen LogP contribution in [0.3, 0.4) is 0 Å². The van der Waals surface area contributed by atoms with E-state index in [4.69, 9.17) is 4.42 Å². The van der Waals surface area contributed by atoms with E-state index in [-0.39, 0.29) is 5.56 Å². The number of nitrogens with one attached hydrogen (secondary N) is 1. The van der Waals surface area contributed by atoms with Gasteiger partial charge in [0.15, 0.2) is 4.67 Å². The SMILES string of the molecule is CCNC(c1cnccc1C(F)(F)F)c1ccoc1Br. The topological polar surface area (TPSA) is 38.1 Å². The molecule has 2 aromatic heterocycles. The lowest BCUT2D eigenvalue weighted by atomic mass is 9.98. The molecule has 0 aliphatic rings. The van der Waals surface area contributed by atoms with Crippen LogP contribution in [0.4, 0.5) is 13.2 Å². The summed E-state index contributed by atoms with van der Waals surface area (Å²) in [5, 5.41) is 3.02. The monoisotopic (exact) mass is 348 g/mol. The van der Waals surface area contributed by atoms with Gasteiger partial charge in [-0.2, -0.15) is 13.2 Å². The molecule has 0 saturated carbocycles. The van der Waals surface area contributed by atoms with Crippen molar-refractivity contribution in [1.29, 1.82) is 0 Å². The lowest BCUT2D eigenvalue weighted by Crippen LogP contribution is -2.25. The molecule has 2 aromatic rings. The number of aromatic nitrogens is 1. The highest BCUT2D eigenvalue weighted by Crippen LogP contribution is 2.37. The van der Waals surface area contributed by atoms with Gasteiger partial charge in [0.25, 0.3) is 0 Å². The van der Waals surface area contributed by atoms with Crippen molar-refractivity contribution in [2.75, 3.05) is 6.54 Å². The van der Waals surface area contributed by atoms with E-state index >= 15 is 0 Å². The van der Waals surface area contributed by atoms with Gasteiger partial charge in [-0.1, -0.05) is 6.92 Å². The van der Waals surface area contributed by atoms with Gasteiger partial charge in [-0.25, -0.2) is 0 Å². The molecule has 0 aromatic carbocycles. The van der Waals surface area contributed by atoms with Crippen molar-refractivity contribution in [2.24, 2.45) is 0 Å². The summed E-state index contributed by atoms with van der Waals surface area (Å²) in [7, 11) is 0. The number of alkyl halides is 3. The van der Waals surface area contributed by atoms with Gasteiger partial charge >= 0.3 is 6.18 Å². The van der Waals surface area contributed by atoms with Crippen molar-refractivity contribution in [2.45, 2.75) is 19.1 Å². The Morgan fingerprint density at radius 3 is 2.65 bits per heavy atom. The maximum Gasteiger partial charge on any atom is 0.416 e. The molecular formula is C13H12BrF3N2O. The van der Waals surface area contributed by atoms with E-state index in [0.29, 0.717) is 16.8 Å². The minimum Gasteiger partial charge on any atom is -0.457 e. The molecule has 7 heteroatoms. The first-order valence-electron chi connectivity index (χ1n) is 5.92. The number of halogens is 4. The Balaban J connectivity index is 2.54. The van der Waals surface area contributed by atoms with Gasteiger partial charge in [0.1, 0.15) is 0 Å². The number of hydrogen-bond acceptors (Lipinski definition) is 3. The van der Waals surface area contributed by atoms with E-state index in [1.54, 1.807) is 6.07 Å². The number of nitrogens with zero attached hydrogens (tertiary/aromatic N) is 1. The zero-order chi connectivity index (χ0) is 14.8. The summed E-state index contributed by atoms with van der Waals surface area (Å²) >= 11 is 3.20. The molecule has 20 heavy (non-hydrogen) atoms. The van der Waals surface area contributed by atoms with Gasteiger partial charge in [-0.15, -0.1) is 0 Å². The molecule has 0 aliphatic carbocycles. The molecule has 108 valence electrons. The Labute approximate surface area is 122 Å². The third-order valence-corrected chi connectivity index (χ3v) is 3.48. The largest absolute Gasteiger partial charge is 0.457 e. The lowest BCUT2D eigenvalue weighted by Gasteiger charge is -2.21. The summed E-state index contributed by atoms with van der Waals surface area (Å²) in [5.74, 6) is 0. The Kier molecular flexibility index (Phi) is 4.49. The fourth-order valence-electron chi connectivity index (χ4n) is 2.00. The van der Waals surface area contributed by atoms with Crippen molar-refractivity contribution >= 4 is 15.9 Å². The van der Waals surface area contributed by atoms with Gasteiger partial charge in [0.2, 0.25) is 0 Å². The van der Waals surface area contributed by atoms with E-state index in [1.807, 2.05) is 6.92 Å². The summed E-state index contributed by atoms with van der Waals surface area (Å²) in [6.07, 6.45) is -0.634. The van der Waals surface area contributed by atoms with Crippen LogP contribution in [0, 0.1) is 0 Å². The standard InChI is InChI=1S/C13H12BrF3N2O/c1-2-19-11(8-4-6-20-12(8)14)9-7-18-5-3-10(9)13(15,16)17/h3-7,11,19H,2H2,1H3. The van der Waals surface area contributed by atoms with Crippen molar-refractivity contribution in [3.63, 3.8) is 0 Å². The van der Waals surface area contributed by atoms with Gasteiger partial charge in [-0.05, 0) is 34.6 Å². The Bertz CT molecular complexity index is 583. The predicted molar refractivity (Wildman–Crippen MR) is 71.2 cm³/mol. The zero-order valence-corrected chi connectivity index (χ0v) is 12.1. The second-order valence-corrected chi connectivity index (χ2v) is 4.82. The maximum atomic E-state index is 13.1. The molecule has 2 heterocycles. The van der Waals surface area contributed by atoms with Gasteiger partial charge < -0.3 is 9.73 Å². The van der Waals surface area contributed by atoms with Crippen LogP contribution >= 0.6 is 15.9 Å². The second-order valence-electron chi connectivity index (χ2n) is 4.10. The average Bonchev–Trinajstić information content (AvgIpc) is 2.81. The van der Waals surface area contributed by atoms with Crippen LogP contribution in [-0.4, -0.2) is 11.5 Å². The van der Waals surface area contributed by atoms with Gasteiger partial charge in [0.05, 0.1) is 17.9 Å². The van der Waals surface area contributed by atoms with Crippen LogP contribution in [0.1, 0.15) is 29.7 Å². The molecule has 0 aliphatic heterocycles. The molecule has 3 nitrogen and oxygen atoms in total. The van der Waals surface area contributed by atoms with E-state index < -0.39 is 17.8 Å². The molecule has 1 unspecified atom stereocenters. The average molecular weight is 349 g/mol. The predicted octanol–water partition coefficient (Wildman–Crippen LogP) is 4.15. The van der Waals surface area contributed by atoms with Crippen LogP contribution in [0.5, 0.6) is 0 Å². The van der Waals surface area contributed by atoms with Gasteiger partial charge in [0, 0.05) is 23.5 Å². The minimum atomic E-state index is -4.43. The Morgan fingerprint density at radius 1 is 1.35 bits per heavy atom. The fourth-order valence-corrected chi connectivity index (χ4v) is 2.47. The van der Waals surface area contributed by atoms with E-state index in [9.17, 15) is 13.2 Å². The third-order valence-electron chi connectivity index (χ3n) is 2.83. The van der Waals surface area contributed by atoms with Crippen LogP contribution in [0.15, 0.2) is 39.9 Å². The summed E-state index contributed by atoms with van der Waals surface area (Å²) in [5.41, 5.74) is -0.0270. The first-order chi connectivity index (χ1) is 9.45. The van der Waals surface area contributed by atoms with Crippen molar-refractivity contribution < 1.29 is 17.6 Å². The summed E-state index contributed by atoms with van der Waals surface area (Å²) < 4.78 is 44.8. The molecule has 0 amide bonds. The zero-order valence-electron chi connectivity index (χ0n) is 10.5. The summed E-state index contributed by atoms with van der Waals surface area (Å²) in [4.78, 5) is 3.82. The molecule has 0 saturated heterocycles. The van der Waals surface area contributed by atoms with Crippen LogP contribution in [-0.2, 0) is 6.18 Å². The molecule has 2 rings (SSSR count). The summed E-state index contributed by atoms with van der Waals surface area (Å²) in [6.45, 7) is 2.33. The maximum absolute atomic E-state index is 13.1. The highest BCUT2D eigenvalue weighted by Gasteiger charge is 2.36. The quantitative estimate of drug-likeness (QED) is 0.901. The van der Waals surface area contributed by atoms with Crippen molar-refractivity contribution in [1.82, 2.24) is 10.3 Å². The van der Waals surface area contributed by atoms with Crippen LogP contribution < -0.4 is 5.32 Å².